The van der Waals surface area contributed by atoms with Crippen LogP contribution in [0.15, 0.2) is 67.0 Å². The second-order valence-corrected chi connectivity index (χ2v) is 10.5. The Hall–Kier alpha value is -2.74. The normalized spacial score (nSPS) is 10.8. The van der Waals surface area contributed by atoms with Crippen molar-refractivity contribution in [3.8, 4) is 0 Å². The van der Waals surface area contributed by atoms with Crippen molar-refractivity contribution in [2.45, 2.75) is 6.42 Å². The van der Waals surface area contributed by atoms with E-state index in [0.29, 0.717) is 5.82 Å². The molecule has 0 saturated heterocycles. The highest BCUT2D eigenvalue weighted by atomic mass is 32.2. The van der Waals surface area contributed by atoms with E-state index in [2.05, 4.69) is 37.9 Å². The van der Waals surface area contributed by atoms with Crippen LogP contribution >= 0.6 is 7.14 Å². The zero-order valence-electron chi connectivity index (χ0n) is 16.9. The molecule has 2 aromatic carbocycles. The van der Waals surface area contributed by atoms with Gasteiger partial charge in [0.25, 0.3) is 0 Å². The molecule has 3 aromatic rings. The van der Waals surface area contributed by atoms with Crippen molar-refractivity contribution >= 4 is 40.7 Å². The van der Waals surface area contributed by atoms with E-state index in [0.717, 1.165) is 29.8 Å². The van der Waals surface area contributed by atoms with E-state index < -0.39 is 18.0 Å². The highest BCUT2D eigenvalue weighted by Crippen LogP contribution is 2.34. The predicted molar refractivity (Wildman–Crippen MR) is 124 cm³/mol. The molecular weight excluding hydrogens is 421 g/mol. The van der Waals surface area contributed by atoms with Crippen molar-refractivity contribution in [1.82, 2.24) is 9.97 Å². The zero-order valence-corrected chi connectivity index (χ0v) is 18.6. The summed E-state index contributed by atoms with van der Waals surface area (Å²) in [4.78, 5) is 8.51. The largest absolute Gasteiger partial charge is 0.370 e. The minimum Gasteiger partial charge on any atom is -0.370 e. The molecule has 0 amide bonds. The van der Waals surface area contributed by atoms with Crippen LogP contribution in [0.4, 0.5) is 17.3 Å². The highest BCUT2D eigenvalue weighted by molar-refractivity contribution is 7.70. The van der Waals surface area contributed by atoms with E-state index in [-0.39, 0.29) is 0 Å². The Bertz CT molecular complexity index is 1050. The second-order valence-electron chi connectivity index (χ2n) is 6.76. The minimum atomic E-state index is -2.62. The van der Waals surface area contributed by atoms with E-state index in [1.807, 2.05) is 48.5 Å². The van der Waals surface area contributed by atoms with Gasteiger partial charge < -0.3 is 15.2 Å². The van der Waals surface area contributed by atoms with Crippen molar-refractivity contribution in [3.63, 3.8) is 0 Å². The molecule has 8 nitrogen and oxygen atoms in total. The quantitative estimate of drug-likeness (QED) is 0.324. The lowest BCUT2D eigenvalue weighted by Gasteiger charge is -2.10. The predicted octanol–water partition coefficient (Wildman–Crippen LogP) is 2.59. The van der Waals surface area contributed by atoms with Gasteiger partial charge in [-0.05, 0) is 49.6 Å². The number of thiol groups is 1. The molecule has 0 unspecified atom stereocenters. The molecule has 0 aliphatic heterocycles. The number of benzene rings is 2. The van der Waals surface area contributed by atoms with Gasteiger partial charge in [0, 0.05) is 23.6 Å². The fourth-order valence-electron chi connectivity index (χ4n) is 2.55. The number of anilines is 3. The Morgan fingerprint density at radius 2 is 1.57 bits per heavy atom. The van der Waals surface area contributed by atoms with E-state index in [4.69, 9.17) is 8.42 Å². The van der Waals surface area contributed by atoms with Gasteiger partial charge >= 0.3 is 0 Å². The summed E-state index contributed by atoms with van der Waals surface area (Å²) in [5.41, 5.74) is 2.19. The van der Waals surface area contributed by atoms with Gasteiger partial charge in [-0.25, -0.2) is 23.5 Å². The molecule has 0 saturated carbocycles. The lowest BCUT2D eigenvalue weighted by molar-refractivity contribution is 0.588. The van der Waals surface area contributed by atoms with Crippen LogP contribution in [0.25, 0.3) is 0 Å². The number of hydrogen-bond acceptors (Lipinski definition) is 7. The average molecular weight is 448 g/mol. The molecule has 0 aliphatic carbocycles. The molecule has 1 heterocycles. The highest BCUT2D eigenvalue weighted by Gasteiger charge is 2.10. The Morgan fingerprint density at radius 1 is 0.967 bits per heavy atom. The molecule has 0 radical (unpaired) electrons. The van der Waals surface area contributed by atoms with Crippen molar-refractivity contribution < 1.29 is 13.0 Å². The van der Waals surface area contributed by atoms with Crippen molar-refractivity contribution in [2.24, 2.45) is 5.14 Å². The van der Waals surface area contributed by atoms with Gasteiger partial charge in [0.15, 0.2) is 10.9 Å². The first kappa shape index (κ1) is 23.5. The van der Waals surface area contributed by atoms with Gasteiger partial charge in [0.05, 0.1) is 0 Å². The summed E-state index contributed by atoms with van der Waals surface area (Å²) in [6.45, 7) is 4.35. The van der Waals surface area contributed by atoms with Gasteiger partial charge in [0.2, 0.25) is 0 Å². The smallest absolute Gasteiger partial charge is 0.198 e. The van der Waals surface area contributed by atoms with Gasteiger partial charge in [-0.1, -0.05) is 30.3 Å². The molecule has 0 fully saturated rings. The lowest BCUT2D eigenvalue weighted by atomic mass is 10.1. The van der Waals surface area contributed by atoms with Crippen molar-refractivity contribution in [1.29, 1.82) is 0 Å². The molecule has 10 heteroatoms. The van der Waals surface area contributed by atoms with Gasteiger partial charge in [0.1, 0.15) is 25.1 Å². The van der Waals surface area contributed by atoms with Gasteiger partial charge in [-0.2, -0.15) is 0 Å². The second kappa shape index (κ2) is 11.4. The number of nitrogens with zero attached hydrogens (tertiary/aromatic N) is 2. The van der Waals surface area contributed by atoms with Crippen LogP contribution < -0.4 is 21.1 Å². The van der Waals surface area contributed by atoms with E-state index in [1.54, 1.807) is 13.3 Å². The lowest BCUT2D eigenvalue weighted by Crippen LogP contribution is -2.07. The van der Waals surface area contributed by atoms with Crippen LogP contribution in [0.1, 0.15) is 5.56 Å². The summed E-state index contributed by atoms with van der Waals surface area (Å²) in [6, 6.07) is 19.8. The molecule has 0 atom stereocenters. The third-order valence-corrected chi connectivity index (χ3v) is 5.53. The third kappa shape index (κ3) is 8.73. The van der Waals surface area contributed by atoms with Gasteiger partial charge in [-0.15, -0.1) is 0 Å². The molecular formula is C20H26N5O3PS. The van der Waals surface area contributed by atoms with Crippen LogP contribution in [-0.4, -0.2) is 38.3 Å². The molecule has 1 aromatic heterocycles. The molecule has 160 valence electrons. The van der Waals surface area contributed by atoms with Crippen LogP contribution in [0.3, 0.4) is 0 Å². The molecule has 0 spiro atoms. The Kier molecular flexibility index (Phi) is 8.98. The third-order valence-electron chi connectivity index (χ3n) is 3.99. The summed E-state index contributed by atoms with van der Waals surface area (Å²) in [5.74, 6) is 1.49. The molecule has 30 heavy (non-hydrogen) atoms. The fourth-order valence-corrected chi connectivity index (χ4v) is 3.42. The molecule has 0 bridgehead atoms. The van der Waals surface area contributed by atoms with E-state index in [1.165, 1.54) is 11.9 Å². The van der Waals surface area contributed by atoms with Crippen LogP contribution in [-0.2, 0) is 21.9 Å². The maximum Gasteiger partial charge on any atom is 0.198 e. The summed E-state index contributed by atoms with van der Waals surface area (Å²) in [7, 11) is -4.85. The molecule has 4 N–H and O–H groups in total. The van der Waals surface area contributed by atoms with E-state index >= 15 is 0 Å². The summed E-state index contributed by atoms with van der Waals surface area (Å²) < 4.78 is 29.7. The first-order chi connectivity index (χ1) is 14.2. The summed E-state index contributed by atoms with van der Waals surface area (Å²) in [6.07, 6.45) is 2.47. The zero-order chi connectivity index (χ0) is 22.0. The topological polar surface area (TPSA) is 127 Å². The Balaban J connectivity index is 0.000000735. The van der Waals surface area contributed by atoms with Crippen molar-refractivity contribution in [3.05, 3.63) is 72.6 Å². The van der Waals surface area contributed by atoms with Crippen molar-refractivity contribution in [2.75, 3.05) is 30.5 Å². The monoisotopic (exact) mass is 447 g/mol. The Labute approximate surface area is 178 Å². The maximum absolute atomic E-state index is 12.1. The minimum absolute atomic E-state index is 0.714. The first-order valence-electron chi connectivity index (χ1n) is 9.15. The molecule has 0 aliphatic rings. The van der Waals surface area contributed by atoms with Gasteiger partial charge in [-0.3, -0.25) is 0 Å². The number of rotatable bonds is 7. The number of nitrogens with two attached hydrogens (primary N) is 1. The fraction of sp³-hybridized carbons (Fsp3) is 0.200. The van der Waals surface area contributed by atoms with Crippen LogP contribution in [0.5, 0.6) is 0 Å². The Morgan fingerprint density at radius 3 is 2.17 bits per heavy atom. The number of aromatic nitrogens is 2. The summed E-state index contributed by atoms with van der Waals surface area (Å²) >= 11 is 0. The number of nitrogens with one attached hydrogen (secondary N) is 2. The standard InChI is InChI=1S/C20H23N4OP.H3NO2S/c1-26(2,25)18-10-8-17(9-11-18)24-20-14-19(22-15-23-20)21-13-12-16-6-4-3-5-7-16;1-4(2)3/h3-11,14-15H,12-13H2,1-2H3,(H2,21,22,23,24);4H,(H2,1,2,3). The van der Waals surface area contributed by atoms with Crippen LogP contribution in [0.2, 0.25) is 0 Å². The molecule has 3 rings (SSSR count). The first-order valence-corrected chi connectivity index (χ1v) is 13.0. The SMILES string of the molecule is CP(C)(=O)c1ccc(Nc2cc(NCCc3ccccc3)ncn2)cc1.N[SH](=O)=O. The number of hydrogen-bond donors (Lipinski definition) is 4. The van der Waals surface area contributed by atoms with E-state index in [9.17, 15) is 4.57 Å². The summed E-state index contributed by atoms with van der Waals surface area (Å²) in [5, 5.41) is 11.5. The van der Waals surface area contributed by atoms with Crippen LogP contribution in [0, 0.1) is 0 Å². The maximum atomic E-state index is 12.1. The average Bonchev–Trinajstić information content (AvgIpc) is 2.68.